The third kappa shape index (κ3) is 6.15. The molecule has 0 radical (unpaired) electrons. The van der Waals surface area contributed by atoms with E-state index in [9.17, 15) is 13.2 Å². The van der Waals surface area contributed by atoms with E-state index in [2.05, 4.69) is 134 Å². The van der Waals surface area contributed by atoms with E-state index in [4.69, 9.17) is 13.0 Å². The van der Waals surface area contributed by atoms with Crippen LogP contribution in [0.2, 0.25) is 0 Å². The summed E-state index contributed by atoms with van der Waals surface area (Å²) in [5, 5.41) is 2.63. The summed E-state index contributed by atoms with van der Waals surface area (Å²) in [5.74, 6) is 0. The molecule has 0 amide bonds. The van der Waals surface area contributed by atoms with Gasteiger partial charge in [0.1, 0.15) is 11.9 Å². The zero-order valence-electron chi connectivity index (χ0n) is 23.3. The monoisotopic (exact) mass is 678 g/mol. The Kier molecular flexibility index (Phi) is 8.08. The largest absolute Gasteiger partial charge is 0.741 e. The highest BCUT2D eigenvalue weighted by Crippen LogP contribution is 2.33. The van der Waals surface area contributed by atoms with Crippen molar-refractivity contribution in [2.75, 3.05) is 0 Å². The highest BCUT2D eigenvalue weighted by Gasteiger charge is 2.37. The van der Waals surface area contributed by atoms with Gasteiger partial charge in [0.05, 0.1) is 0 Å². The summed E-state index contributed by atoms with van der Waals surface area (Å²) in [6.45, 7) is 0. The number of fused-ring (bicyclic) bond motifs is 2. The SMILES string of the molecule is Brc1cccc2c[n+](-c3cc4ccc3CCc3ccc(cc3-c3cccc5ccccc35)CC4)cn12.O=S(=O)([O-])C(F)(F)F. The summed E-state index contributed by atoms with van der Waals surface area (Å²) in [7, 11) is -6.09. The number of hydrogen-bond acceptors (Lipinski definition) is 3. The standard InChI is InChI=1S/C33H26BrN2.CHF3O3S/c34-33-10-4-7-28-21-35(22-36(28)33)32-20-24-12-11-23-13-15-26(17-18-27(32)16-14-24)31(19-23)30-9-3-6-25-5-1-2-8-29(25)30;2-1(3,4)8(5,6)7/h1-10,13-16,19-22H,11-12,17-18H2;(H,5,6,7)/q+1;/p-1. The highest BCUT2D eigenvalue weighted by atomic mass is 79.9. The lowest BCUT2D eigenvalue weighted by atomic mass is 9.88. The van der Waals surface area contributed by atoms with Crippen LogP contribution in [0.1, 0.15) is 22.3 Å². The van der Waals surface area contributed by atoms with Gasteiger partial charge in [-0.05, 0) is 104 Å². The van der Waals surface area contributed by atoms with E-state index in [0.717, 1.165) is 30.3 Å². The molecule has 0 saturated heterocycles. The van der Waals surface area contributed by atoms with Crippen LogP contribution in [0, 0.1) is 0 Å². The van der Waals surface area contributed by atoms with Crippen LogP contribution in [-0.2, 0) is 35.8 Å². The van der Waals surface area contributed by atoms with Gasteiger partial charge in [-0.25, -0.2) is 13.0 Å². The zero-order chi connectivity index (χ0) is 31.1. The van der Waals surface area contributed by atoms with Gasteiger partial charge in [-0.3, -0.25) is 0 Å². The highest BCUT2D eigenvalue weighted by molar-refractivity contribution is 9.10. The third-order valence-corrected chi connectivity index (χ3v) is 9.07. The van der Waals surface area contributed by atoms with Gasteiger partial charge < -0.3 is 4.55 Å². The lowest BCUT2D eigenvalue weighted by molar-refractivity contribution is -0.594. The van der Waals surface area contributed by atoms with Crippen LogP contribution in [0.5, 0.6) is 0 Å². The molecule has 4 aliphatic carbocycles. The molecule has 2 heterocycles. The molecular weight excluding hydrogens is 653 g/mol. The Balaban J connectivity index is 0.000000381. The smallest absolute Gasteiger partial charge is 0.485 e. The predicted octanol–water partition coefficient (Wildman–Crippen LogP) is 7.73. The summed E-state index contributed by atoms with van der Waals surface area (Å²) < 4.78 is 64.4. The fourth-order valence-electron chi connectivity index (χ4n) is 5.65. The van der Waals surface area contributed by atoms with Crippen LogP contribution >= 0.6 is 15.9 Å². The Morgan fingerprint density at radius 1 is 0.750 bits per heavy atom. The molecule has 10 heteroatoms. The molecule has 0 N–H and O–H groups in total. The average Bonchev–Trinajstić information content (AvgIpc) is 3.43. The number of aryl methyl sites for hydroxylation is 4. The minimum atomic E-state index is -6.09. The number of aromatic nitrogens is 2. The summed E-state index contributed by atoms with van der Waals surface area (Å²) in [6, 6.07) is 36.0. The van der Waals surface area contributed by atoms with Crippen molar-refractivity contribution in [2.45, 2.75) is 31.2 Å². The lowest BCUT2D eigenvalue weighted by Gasteiger charge is -2.17. The lowest BCUT2D eigenvalue weighted by Crippen LogP contribution is -2.29. The summed E-state index contributed by atoms with van der Waals surface area (Å²) in [6.07, 6.45) is 8.47. The maximum Gasteiger partial charge on any atom is 0.485 e. The van der Waals surface area contributed by atoms with Gasteiger partial charge in [0, 0.05) is 0 Å². The molecule has 0 unspecified atom stereocenters. The first-order chi connectivity index (χ1) is 21.0. The van der Waals surface area contributed by atoms with Gasteiger partial charge in [-0.1, -0.05) is 78.9 Å². The van der Waals surface area contributed by atoms with Crippen LogP contribution in [0.4, 0.5) is 13.2 Å². The zero-order valence-corrected chi connectivity index (χ0v) is 25.7. The molecular formula is C34H26BrF3N2O3S. The minimum absolute atomic E-state index is 0.993. The van der Waals surface area contributed by atoms with Crippen molar-refractivity contribution in [1.82, 2.24) is 4.40 Å². The van der Waals surface area contributed by atoms with Crippen molar-refractivity contribution in [2.24, 2.45) is 0 Å². The molecule has 6 aromatic rings. The van der Waals surface area contributed by atoms with E-state index >= 15 is 0 Å². The number of rotatable bonds is 2. The van der Waals surface area contributed by atoms with Crippen LogP contribution in [0.25, 0.3) is 33.1 Å². The molecule has 0 aliphatic heterocycles. The molecule has 44 heavy (non-hydrogen) atoms. The van der Waals surface area contributed by atoms with E-state index in [1.807, 2.05) is 0 Å². The van der Waals surface area contributed by atoms with Gasteiger partial charge in [-0.15, -0.1) is 0 Å². The second-order valence-electron chi connectivity index (χ2n) is 10.7. The molecule has 224 valence electrons. The quantitative estimate of drug-likeness (QED) is 0.0815. The first-order valence-corrected chi connectivity index (χ1v) is 16.1. The number of benzene rings is 4. The number of hydrogen-bond donors (Lipinski definition) is 0. The molecule has 0 atom stereocenters. The molecule has 0 saturated carbocycles. The third-order valence-electron chi connectivity index (χ3n) is 7.85. The Bertz CT molecular complexity index is 2120. The van der Waals surface area contributed by atoms with Gasteiger partial charge in [0.25, 0.3) is 6.33 Å². The van der Waals surface area contributed by atoms with E-state index < -0.39 is 15.6 Å². The minimum Gasteiger partial charge on any atom is -0.741 e. The van der Waals surface area contributed by atoms with E-state index in [1.165, 1.54) is 55.4 Å². The predicted molar refractivity (Wildman–Crippen MR) is 167 cm³/mol. The molecule has 5 nitrogen and oxygen atoms in total. The topological polar surface area (TPSA) is 65.5 Å². The number of halogens is 4. The maximum absolute atomic E-state index is 10.7. The Morgan fingerprint density at radius 3 is 2.11 bits per heavy atom. The summed E-state index contributed by atoms with van der Waals surface area (Å²) >= 11 is 3.70. The first kappa shape index (κ1) is 30.1. The molecule has 10 rings (SSSR count). The first-order valence-electron chi connectivity index (χ1n) is 13.9. The van der Waals surface area contributed by atoms with Crippen LogP contribution in [-0.4, -0.2) is 22.9 Å². The van der Waals surface area contributed by atoms with Crippen LogP contribution in [0.15, 0.2) is 114 Å². The molecule has 4 bridgehead atoms. The Hall–Kier alpha value is -3.99. The summed E-state index contributed by atoms with van der Waals surface area (Å²) in [4.78, 5) is 0. The van der Waals surface area contributed by atoms with E-state index in [1.54, 1.807) is 0 Å². The second kappa shape index (κ2) is 11.8. The number of nitrogens with zero attached hydrogens (tertiary/aromatic N) is 2. The van der Waals surface area contributed by atoms with E-state index in [-0.39, 0.29) is 0 Å². The van der Waals surface area contributed by atoms with Crippen molar-refractivity contribution >= 4 is 42.3 Å². The Labute approximate surface area is 261 Å². The normalized spacial score (nSPS) is 13.4. The van der Waals surface area contributed by atoms with Crippen molar-refractivity contribution in [3.8, 4) is 16.8 Å². The maximum atomic E-state index is 10.7. The summed E-state index contributed by atoms with van der Waals surface area (Å²) in [5.41, 5.74) is 5.11. The number of pyridine rings is 1. The number of imidazole rings is 1. The fraction of sp³-hybridized carbons (Fsp3) is 0.147. The average molecular weight is 680 g/mol. The van der Waals surface area contributed by atoms with Crippen molar-refractivity contribution < 1.29 is 30.7 Å². The van der Waals surface area contributed by atoms with Gasteiger partial charge >= 0.3 is 5.51 Å². The fourth-order valence-corrected chi connectivity index (χ4v) is 6.10. The Morgan fingerprint density at radius 2 is 1.39 bits per heavy atom. The van der Waals surface area contributed by atoms with Gasteiger partial charge in [0.15, 0.2) is 20.2 Å². The molecule has 0 fully saturated rings. The van der Waals surface area contributed by atoms with Crippen molar-refractivity contribution in [1.29, 1.82) is 0 Å². The van der Waals surface area contributed by atoms with Crippen molar-refractivity contribution in [3.05, 3.63) is 136 Å². The van der Waals surface area contributed by atoms with Crippen LogP contribution < -0.4 is 4.57 Å². The molecule has 4 aromatic carbocycles. The molecule has 2 aromatic heterocycles. The van der Waals surface area contributed by atoms with Gasteiger partial charge in [-0.2, -0.15) is 17.6 Å². The number of alkyl halides is 3. The van der Waals surface area contributed by atoms with Crippen LogP contribution in [0.3, 0.4) is 0 Å². The van der Waals surface area contributed by atoms with Crippen molar-refractivity contribution in [3.63, 3.8) is 0 Å². The second-order valence-corrected chi connectivity index (χ2v) is 12.9. The molecule has 0 spiro atoms. The molecule has 4 aliphatic rings. The van der Waals surface area contributed by atoms with Gasteiger partial charge in [0.2, 0.25) is 0 Å². The van der Waals surface area contributed by atoms with E-state index in [0.29, 0.717) is 0 Å².